The minimum Gasteiger partial charge on any atom is -0.348 e. The molecule has 132 valence electrons. The van der Waals surface area contributed by atoms with E-state index < -0.39 is 10.0 Å². The van der Waals surface area contributed by atoms with Crippen LogP contribution in [0, 0.1) is 0 Å². The number of benzene rings is 1. The van der Waals surface area contributed by atoms with Crippen LogP contribution in [0.3, 0.4) is 0 Å². The van der Waals surface area contributed by atoms with Crippen molar-refractivity contribution >= 4 is 15.9 Å². The van der Waals surface area contributed by atoms with E-state index in [2.05, 4.69) is 10.3 Å². The number of sulfonamides is 1. The van der Waals surface area contributed by atoms with E-state index in [1.54, 1.807) is 28.8 Å². The molecule has 1 aromatic carbocycles. The highest BCUT2D eigenvalue weighted by atomic mass is 32.2. The third-order valence-corrected chi connectivity index (χ3v) is 6.81. The summed E-state index contributed by atoms with van der Waals surface area (Å²) in [4.78, 5) is 17.2. The highest BCUT2D eigenvalue weighted by Crippen LogP contribution is 2.30. The Kier molecular flexibility index (Phi) is 3.88. The van der Waals surface area contributed by atoms with Crippen molar-refractivity contribution in [3.8, 4) is 5.69 Å². The number of para-hydroxylation sites is 1. The van der Waals surface area contributed by atoms with E-state index in [-0.39, 0.29) is 23.4 Å². The van der Waals surface area contributed by atoms with Gasteiger partial charge in [0.05, 0.1) is 17.9 Å². The molecule has 1 amide bonds. The van der Waals surface area contributed by atoms with Crippen molar-refractivity contribution in [2.75, 3.05) is 7.05 Å². The van der Waals surface area contributed by atoms with E-state index in [1.165, 1.54) is 17.7 Å². The van der Waals surface area contributed by atoms with Crippen molar-refractivity contribution in [3.63, 3.8) is 0 Å². The van der Waals surface area contributed by atoms with Gasteiger partial charge < -0.3 is 5.32 Å². The molecule has 7 nitrogen and oxygen atoms in total. The van der Waals surface area contributed by atoms with Crippen LogP contribution in [0.4, 0.5) is 0 Å². The number of aromatic nitrogens is 2. The lowest BCUT2D eigenvalue weighted by Gasteiger charge is -2.15. The zero-order valence-electron chi connectivity index (χ0n) is 14.0. The number of rotatable bonds is 2. The summed E-state index contributed by atoms with van der Waals surface area (Å²) in [7, 11) is -2.09. The Bertz CT molecular complexity index is 929. The summed E-state index contributed by atoms with van der Waals surface area (Å²) >= 11 is 0. The average Bonchev–Trinajstić information content (AvgIpc) is 3.22. The molecular formula is C17H20N4O3S. The quantitative estimate of drug-likeness (QED) is 0.883. The normalized spacial score (nSPS) is 19.9. The summed E-state index contributed by atoms with van der Waals surface area (Å²) in [6.45, 7) is 0.102. The smallest absolute Gasteiger partial charge is 0.272 e. The summed E-state index contributed by atoms with van der Waals surface area (Å²) in [6.07, 6.45) is 5.76. The van der Waals surface area contributed by atoms with Crippen LogP contribution in [-0.4, -0.2) is 41.3 Å². The minimum absolute atomic E-state index is 0.102. The summed E-state index contributed by atoms with van der Waals surface area (Å²) in [5.41, 5.74) is 1.41. The number of carbonyl (C=O) groups excluding carboxylic acids is 1. The number of amides is 1. The maximum absolute atomic E-state index is 12.7. The molecule has 0 unspecified atom stereocenters. The predicted molar refractivity (Wildman–Crippen MR) is 91.9 cm³/mol. The monoisotopic (exact) mass is 360 g/mol. The Morgan fingerprint density at radius 2 is 1.96 bits per heavy atom. The molecular weight excluding hydrogens is 340 g/mol. The van der Waals surface area contributed by atoms with E-state index in [0.717, 1.165) is 25.7 Å². The van der Waals surface area contributed by atoms with E-state index in [1.807, 2.05) is 0 Å². The summed E-state index contributed by atoms with van der Waals surface area (Å²) in [6, 6.07) is 6.97. The van der Waals surface area contributed by atoms with Crippen LogP contribution in [0.2, 0.25) is 0 Å². The Labute approximate surface area is 146 Å². The number of fused-ring (bicyclic) bond motifs is 3. The maximum Gasteiger partial charge on any atom is 0.272 e. The lowest BCUT2D eigenvalue weighted by atomic mass is 10.2. The molecule has 25 heavy (non-hydrogen) atoms. The fourth-order valence-electron chi connectivity index (χ4n) is 3.58. The number of hydrogen-bond acceptors (Lipinski definition) is 4. The molecule has 0 bridgehead atoms. The van der Waals surface area contributed by atoms with Crippen LogP contribution < -0.4 is 5.32 Å². The van der Waals surface area contributed by atoms with Crippen molar-refractivity contribution in [3.05, 3.63) is 42.0 Å². The molecule has 1 aromatic heterocycles. The van der Waals surface area contributed by atoms with Gasteiger partial charge in [0.2, 0.25) is 10.0 Å². The number of carbonyl (C=O) groups is 1. The van der Waals surface area contributed by atoms with Gasteiger partial charge in [-0.2, -0.15) is 4.31 Å². The summed E-state index contributed by atoms with van der Waals surface area (Å²) < 4.78 is 28.5. The minimum atomic E-state index is -3.61. The Morgan fingerprint density at radius 1 is 1.24 bits per heavy atom. The SMILES string of the molecule is CN1Cc2c(C(=O)NC3CCCC3)ncn2-c2ccccc2S1(=O)=O. The first kappa shape index (κ1) is 16.3. The Balaban J connectivity index is 1.78. The van der Waals surface area contributed by atoms with Crippen molar-refractivity contribution in [1.29, 1.82) is 0 Å². The van der Waals surface area contributed by atoms with Crippen molar-refractivity contribution in [1.82, 2.24) is 19.2 Å². The number of nitrogens with one attached hydrogen (secondary N) is 1. The lowest BCUT2D eigenvalue weighted by molar-refractivity contribution is 0.0931. The van der Waals surface area contributed by atoms with Crippen LogP contribution in [0.15, 0.2) is 35.5 Å². The van der Waals surface area contributed by atoms with Crippen LogP contribution in [0.1, 0.15) is 41.9 Å². The van der Waals surface area contributed by atoms with Gasteiger partial charge >= 0.3 is 0 Å². The summed E-state index contributed by atoms with van der Waals surface area (Å²) in [5, 5.41) is 3.03. The van der Waals surface area contributed by atoms with E-state index in [9.17, 15) is 13.2 Å². The van der Waals surface area contributed by atoms with Crippen LogP contribution in [-0.2, 0) is 16.6 Å². The molecule has 2 heterocycles. The molecule has 1 N–H and O–H groups in total. The highest BCUT2D eigenvalue weighted by molar-refractivity contribution is 7.89. The van der Waals surface area contributed by atoms with Gasteiger partial charge in [-0.05, 0) is 25.0 Å². The van der Waals surface area contributed by atoms with Gasteiger partial charge in [0.1, 0.15) is 11.2 Å². The molecule has 8 heteroatoms. The van der Waals surface area contributed by atoms with Gasteiger partial charge in [0.25, 0.3) is 5.91 Å². The molecule has 2 aromatic rings. The fourth-order valence-corrected chi connectivity index (χ4v) is 4.89. The van der Waals surface area contributed by atoms with Gasteiger partial charge in [0, 0.05) is 13.1 Å². The Morgan fingerprint density at radius 3 is 2.72 bits per heavy atom. The predicted octanol–water partition coefficient (Wildman–Crippen LogP) is 1.68. The second-order valence-electron chi connectivity index (χ2n) is 6.59. The van der Waals surface area contributed by atoms with Crippen LogP contribution >= 0.6 is 0 Å². The first-order chi connectivity index (χ1) is 12.0. The molecule has 2 aliphatic rings. The third kappa shape index (κ3) is 2.65. The molecule has 0 atom stereocenters. The largest absolute Gasteiger partial charge is 0.348 e. The first-order valence-electron chi connectivity index (χ1n) is 8.41. The second-order valence-corrected chi connectivity index (χ2v) is 8.61. The zero-order chi connectivity index (χ0) is 17.6. The average molecular weight is 360 g/mol. The van der Waals surface area contributed by atoms with E-state index in [0.29, 0.717) is 17.1 Å². The van der Waals surface area contributed by atoms with Gasteiger partial charge in [-0.15, -0.1) is 0 Å². The molecule has 4 rings (SSSR count). The number of hydrogen-bond donors (Lipinski definition) is 1. The van der Waals surface area contributed by atoms with Crippen molar-refractivity contribution in [2.24, 2.45) is 0 Å². The lowest BCUT2D eigenvalue weighted by Crippen LogP contribution is -2.34. The van der Waals surface area contributed by atoms with Crippen molar-refractivity contribution < 1.29 is 13.2 Å². The maximum atomic E-state index is 12.7. The molecule has 0 saturated heterocycles. The number of imidazole rings is 1. The highest BCUT2D eigenvalue weighted by Gasteiger charge is 2.33. The van der Waals surface area contributed by atoms with E-state index >= 15 is 0 Å². The topological polar surface area (TPSA) is 84.3 Å². The van der Waals surface area contributed by atoms with Crippen LogP contribution in [0.25, 0.3) is 5.69 Å². The van der Waals surface area contributed by atoms with Gasteiger partial charge in [-0.1, -0.05) is 25.0 Å². The molecule has 1 aliphatic carbocycles. The first-order valence-corrected chi connectivity index (χ1v) is 9.85. The van der Waals surface area contributed by atoms with E-state index in [4.69, 9.17) is 0 Å². The van der Waals surface area contributed by atoms with Gasteiger partial charge in [-0.3, -0.25) is 9.36 Å². The Hall–Kier alpha value is -2.19. The summed E-state index contributed by atoms with van der Waals surface area (Å²) in [5.74, 6) is -0.231. The zero-order valence-corrected chi connectivity index (χ0v) is 14.8. The number of nitrogens with zero attached hydrogens (tertiary/aromatic N) is 3. The molecule has 1 saturated carbocycles. The molecule has 0 spiro atoms. The second kappa shape index (κ2) is 5.96. The van der Waals surface area contributed by atoms with Crippen molar-refractivity contribution in [2.45, 2.75) is 43.2 Å². The fraction of sp³-hybridized carbons (Fsp3) is 0.412. The van der Waals surface area contributed by atoms with Gasteiger partial charge in [0.15, 0.2) is 5.69 Å². The standard InChI is InChI=1S/C17H20N4O3S/c1-20-10-14-16(17(22)19-12-6-2-3-7-12)18-11-21(14)13-8-4-5-9-15(13)25(20,23)24/h4-5,8-9,11-12H,2-3,6-7,10H2,1H3,(H,19,22). The van der Waals surface area contributed by atoms with Gasteiger partial charge in [-0.25, -0.2) is 13.4 Å². The third-order valence-electron chi connectivity index (χ3n) is 4.96. The molecule has 0 radical (unpaired) electrons. The van der Waals surface area contributed by atoms with Crippen LogP contribution in [0.5, 0.6) is 0 Å². The molecule has 1 aliphatic heterocycles. The molecule has 1 fully saturated rings.